The lowest BCUT2D eigenvalue weighted by Gasteiger charge is -2.06. The fraction of sp³-hybridized carbons (Fsp3) is 0.0833. The number of halogens is 1. The second-order valence-corrected chi connectivity index (χ2v) is 4.49. The number of nitro groups is 2. The number of pyridine rings is 1. The summed E-state index contributed by atoms with van der Waals surface area (Å²) >= 11 is 5.67. The number of nitrogens with one attached hydrogen (secondary N) is 1. The highest BCUT2D eigenvalue weighted by Crippen LogP contribution is 2.25. The molecule has 0 radical (unpaired) electrons. The summed E-state index contributed by atoms with van der Waals surface area (Å²) in [6.07, 6.45) is 1.30. The Balaban J connectivity index is 2.13. The molecule has 0 fully saturated rings. The van der Waals surface area contributed by atoms with Gasteiger partial charge in [-0.05, 0) is 5.56 Å². The number of aromatic nitrogens is 1. The highest BCUT2D eigenvalue weighted by molar-refractivity contribution is 6.30. The summed E-state index contributed by atoms with van der Waals surface area (Å²) in [4.78, 5) is 24.2. The smallest absolute Gasteiger partial charge is 0.312 e. The van der Waals surface area contributed by atoms with Crippen LogP contribution in [-0.2, 0) is 6.54 Å². The quantitative estimate of drug-likeness (QED) is 0.670. The van der Waals surface area contributed by atoms with Crippen molar-refractivity contribution < 1.29 is 9.85 Å². The monoisotopic (exact) mass is 308 g/mol. The molecule has 108 valence electrons. The lowest BCUT2D eigenvalue weighted by Crippen LogP contribution is -2.04. The molecule has 0 spiro atoms. The van der Waals surface area contributed by atoms with Gasteiger partial charge in [0.2, 0.25) is 5.82 Å². The van der Waals surface area contributed by atoms with Crippen LogP contribution in [0.1, 0.15) is 5.56 Å². The van der Waals surface area contributed by atoms with Crippen LogP contribution in [0.4, 0.5) is 17.2 Å². The van der Waals surface area contributed by atoms with E-state index in [-0.39, 0.29) is 28.8 Å². The summed E-state index contributed by atoms with van der Waals surface area (Å²) in [7, 11) is 0. The molecule has 0 aliphatic rings. The van der Waals surface area contributed by atoms with Crippen LogP contribution in [-0.4, -0.2) is 14.8 Å². The molecule has 8 nitrogen and oxygen atoms in total. The first-order valence-corrected chi connectivity index (χ1v) is 6.12. The highest BCUT2D eigenvalue weighted by Gasteiger charge is 2.15. The Labute approximate surface area is 123 Å². The number of nitro benzene ring substituents is 1. The molecular formula is C12H9ClN4O4. The summed E-state index contributed by atoms with van der Waals surface area (Å²) in [5.41, 5.74) is 0.477. The first-order valence-electron chi connectivity index (χ1n) is 5.74. The molecule has 1 heterocycles. The van der Waals surface area contributed by atoms with Crippen molar-refractivity contribution in [3.05, 3.63) is 67.3 Å². The fourth-order valence-corrected chi connectivity index (χ4v) is 1.78. The average molecular weight is 309 g/mol. The van der Waals surface area contributed by atoms with E-state index in [1.165, 1.54) is 24.4 Å². The van der Waals surface area contributed by atoms with Crippen LogP contribution >= 0.6 is 11.6 Å². The number of hydrogen-bond acceptors (Lipinski definition) is 6. The Hall–Kier alpha value is -2.74. The molecule has 21 heavy (non-hydrogen) atoms. The Kier molecular flexibility index (Phi) is 4.29. The van der Waals surface area contributed by atoms with Gasteiger partial charge in [-0.3, -0.25) is 20.2 Å². The molecule has 9 heteroatoms. The van der Waals surface area contributed by atoms with Gasteiger partial charge in [-0.2, -0.15) is 0 Å². The van der Waals surface area contributed by atoms with E-state index in [9.17, 15) is 20.2 Å². The standard InChI is InChI=1S/C12H9ClN4O4/c13-9-5-11(17(20)21)12(15-7-9)14-6-8-1-3-10(4-2-8)16(18)19/h1-5,7H,6H2,(H,14,15). The molecule has 1 aromatic carbocycles. The van der Waals surface area contributed by atoms with Gasteiger partial charge in [-0.25, -0.2) is 4.98 Å². The van der Waals surface area contributed by atoms with Gasteiger partial charge in [0.05, 0.1) is 14.9 Å². The van der Waals surface area contributed by atoms with Crippen LogP contribution in [0.2, 0.25) is 5.02 Å². The van der Waals surface area contributed by atoms with E-state index in [1.807, 2.05) is 0 Å². The molecule has 1 aromatic heterocycles. The van der Waals surface area contributed by atoms with Crippen molar-refractivity contribution in [2.75, 3.05) is 5.32 Å². The minimum atomic E-state index is -0.586. The third kappa shape index (κ3) is 3.63. The number of hydrogen-bond donors (Lipinski definition) is 1. The van der Waals surface area contributed by atoms with Crippen LogP contribution < -0.4 is 5.32 Å². The van der Waals surface area contributed by atoms with Crippen molar-refractivity contribution in [1.82, 2.24) is 4.98 Å². The summed E-state index contributed by atoms with van der Waals surface area (Å²) in [5.74, 6) is 0.0859. The van der Waals surface area contributed by atoms with E-state index in [2.05, 4.69) is 10.3 Å². The summed E-state index contributed by atoms with van der Waals surface area (Å²) in [6, 6.07) is 7.05. The minimum Gasteiger partial charge on any atom is -0.360 e. The van der Waals surface area contributed by atoms with E-state index in [0.717, 1.165) is 5.56 Å². The molecule has 0 aliphatic carbocycles. The molecule has 0 saturated heterocycles. The predicted molar refractivity (Wildman–Crippen MR) is 76.3 cm³/mol. The normalized spacial score (nSPS) is 10.1. The SMILES string of the molecule is O=[N+]([O-])c1ccc(CNc2ncc(Cl)cc2[N+](=O)[O-])cc1. The maximum atomic E-state index is 10.9. The molecule has 0 atom stereocenters. The Bertz CT molecular complexity index is 690. The zero-order chi connectivity index (χ0) is 15.4. The van der Waals surface area contributed by atoms with Crippen LogP contribution in [0.25, 0.3) is 0 Å². The number of nitrogens with zero attached hydrogens (tertiary/aromatic N) is 3. The molecular weight excluding hydrogens is 300 g/mol. The summed E-state index contributed by atoms with van der Waals surface area (Å²) < 4.78 is 0. The molecule has 0 amide bonds. The average Bonchev–Trinajstić information content (AvgIpc) is 2.46. The fourth-order valence-electron chi connectivity index (χ4n) is 1.63. The van der Waals surface area contributed by atoms with Gasteiger partial charge in [-0.1, -0.05) is 23.7 Å². The van der Waals surface area contributed by atoms with Crippen molar-refractivity contribution in [3.8, 4) is 0 Å². The van der Waals surface area contributed by atoms with Gasteiger partial charge >= 0.3 is 5.69 Å². The van der Waals surface area contributed by atoms with Crippen molar-refractivity contribution in [1.29, 1.82) is 0 Å². The van der Waals surface area contributed by atoms with E-state index in [0.29, 0.717) is 0 Å². The molecule has 0 unspecified atom stereocenters. The minimum absolute atomic E-state index is 0.0191. The molecule has 0 saturated carbocycles. The molecule has 0 aliphatic heterocycles. The van der Waals surface area contributed by atoms with Crippen LogP contribution in [0.3, 0.4) is 0 Å². The van der Waals surface area contributed by atoms with E-state index in [1.54, 1.807) is 12.1 Å². The number of benzene rings is 1. The van der Waals surface area contributed by atoms with Gasteiger partial charge < -0.3 is 5.32 Å². The largest absolute Gasteiger partial charge is 0.360 e. The number of rotatable bonds is 5. The Morgan fingerprint density at radius 2 is 1.81 bits per heavy atom. The van der Waals surface area contributed by atoms with Gasteiger partial charge in [0.25, 0.3) is 5.69 Å². The van der Waals surface area contributed by atoms with Gasteiger partial charge in [0, 0.05) is 30.9 Å². The van der Waals surface area contributed by atoms with Gasteiger partial charge in [0.1, 0.15) is 0 Å². The second-order valence-electron chi connectivity index (χ2n) is 4.06. The predicted octanol–water partition coefficient (Wildman–Crippen LogP) is 3.16. The van der Waals surface area contributed by atoms with Crippen LogP contribution in [0.15, 0.2) is 36.5 Å². The number of anilines is 1. The maximum absolute atomic E-state index is 10.9. The van der Waals surface area contributed by atoms with Gasteiger partial charge in [0.15, 0.2) is 0 Å². The lowest BCUT2D eigenvalue weighted by atomic mass is 10.2. The molecule has 2 aromatic rings. The van der Waals surface area contributed by atoms with Crippen molar-refractivity contribution in [2.45, 2.75) is 6.54 Å². The van der Waals surface area contributed by atoms with E-state index in [4.69, 9.17) is 11.6 Å². The second kappa shape index (κ2) is 6.14. The Morgan fingerprint density at radius 1 is 1.14 bits per heavy atom. The maximum Gasteiger partial charge on any atom is 0.312 e. The zero-order valence-corrected chi connectivity index (χ0v) is 11.3. The number of non-ortho nitro benzene ring substituents is 1. The van der Waals surface area contributed by atoms with Crippen molar-refractivity contribution in [2.24, 2.45) is 0 Å². The zero-order valence-electron chi connectivity index (χ0n) is 10.5. The molecule has 0 bridgehead atoms. The molecule has 1 N–H and O–H groups in total. The third-order valence-corrected chi connectivity index (χ3v) is 2.84. The van der Waals surface area contributed by atoms with Crippen molar-refractivity contribution >= 4 is 28.8 Å². The summed E-state index contributed by atoms with van der Waals surface area (Å²) in [5, 5.41) is 24.4. The van der Waals surface area contributed by atoms with E-state index < -0.39 is 9.85 Å². The van der Waals surface area contributed by atoms with E-state index >= 15 is 0 Å². The van der Waals surface area contributed by atoms with Crippen LogP contribution in [0.5, 0.6) is 0 Å². The van der Waals surface area contributed by atoms with Crippen molar-refractivity contribution in [3.63, 3.8) is 0 Å². The highest BCUT2D eigenvalue weighted by atomic mass is 35.5. The topological polar surface area (TPSA) is 111 Å². The Morgan fingerprint density at radius 3 is 2.38 bits per heavy atom. The first kappa shape index (κ1) is 14.7. The molecule has 2 rings (SSSR count). The van der Waals surface area contributed by atoms with Crippen LogP contribution in [0, 0.1) is 20.2 Å². The van der Waals surface area contributed by atoms with Gasteiger partial charge in [-0.15, -0.1) is 0 Å². The summed E-state index contributed by atoms with van der Waals surface area (Å²) in [6.45, 7) is 0.244. The lowest BCUT2D eigenvalue weighted by molar-refractivity contribution is -0.384. The third-order valence-electron chi connectivity index (χ3n) is 2.64. The first-order chi connectivity index (χ1) is 9.97.